The average molecular weight is 202 g/mol. The van der Waals surface area contributed by atoms with Crippen molar-refractivity contribution in [1.29, 1.82) is 5.26 Å². The first-order chi connectivity index (χ1) is 7.26. The van der Waals surface area contributed by atoms with Crippen LogP contribution in [0.4, 0.5) is 5.69 Å². The number of nitriles is 1. The summed E-state index contributed by atoms with van der Waals surface area (Å²) in [5.41, 5.74) is 2.21. The molecule has 1 aromatic carbocycles. The van der Waals surface area contributed by atoms with E-state index in [1.54, 1.807) is 0 Å². The highest BCUT2D eigenvalue weighted by Crippen LogP contribution is 2.12. The lowest BCUT2D eigenvalue weighted by Crippen LogP contribution is -2.14. The Morgan fingerprint density at radius 2 is 2.00 bits per heavy atom. The Bertz CT molecular complexity index is 321. The Kier molecular flexibility index (Phi) is 4.70. The van der Waals surface area contributed by atoms with E-state index in [1.165, 1.54) is 12.8 Å². The minimum atomic E-state index is 0.491. The fourth-order valence-electron chi connectivity index (χ4n) is 1.60. The SMILES string of the molecule is CCC[C@H](C)Nc1ccc(CC#N)cc1. The van der Waals surface area contributed by atoms with E-state index in [2.05, 4.69) is 25.2 Å². The van der Waals surface area contributed by atoms with Gasteiger partial charge >= 0.3 is 0 Å². The number of nitrogens with zero attached hydrogens (tertiary/aromatic N) is 1. The Morgan fingerprint density at radius 3 is 2.53 bits per heavy atom. The topological polar surface area (TPSA) is 35.8 Å². The van der Waals surface area contributed by atoms with Crippen molar-refractivity contribution >= 4 is 5.69 Å². The van der Waals surface area contributed by atoms with E-state index >= 15 is 0 Å². The van der Waals surface area contributed by atoms with Gasteiger partial charge in [-0.15, -0.1) is 0 Å². The maximum Gasteiger partial charge on any atom is 0.0669 e. The Balaban J connectivity index is 2.53. The molecule has 0 aliphatic rings. The molecule has 0 bridgehead atoms. The lowest BCUT2D eigenvalue weighted by molar-refractivity contribution is 0.690. The second-order valence-corrected chi connectivity index (χ2v) is 3.87. The van der Waals surface area contributed by atoms with Gasteiger partial charge in [-0.25, -0.2) is 0 Å². The second kappa shape index (κ2) is 6.08. The van der Waals surface area contributed by atoms with Gasteiger partial charge in [-0.3, -0.25) is 0 Å². The third-order valence-electron chi connectivity index (χ3n) is 2.37. The van der Waals surface area contributed by atoms with Gasteiger partial charge in [-0.2, -0.15) is 5.26 Å². The highest BCUT2D eigenvalue weighted by Gasteiger charge is 2.00. The van der Waals surface area contributed by atoms with Crippen LogP contribution in [0.2, 0.25) is 0 Å². The van der Waals surface area contributed by atoms with Gasteiger partial charge in [-0.1, -0.05) is 25.5 Å². The maximum absolute atomic E-state index is 8.54. The summed E-state index contributed by atoms with van der Waals surface area (Å²) in [6.45, 7) is 4.38. The molecule has 0 heterocycles. The minimum Gasteiger partial charge on any atom is -0.383 e. The van der Waals surface area contributed by atoms with Gasteiger partial charge in [0, 0.05) is 11.7 Å². The molecule has 0 aliphatic heterocycles. The molecular weight excluding hydrogens is 184 g/mol. The average Bonchev–Trinajstić information content (AvgIpc) is 2.22. The highest BCUT2D eigenvalue weighted by atomic mass is 14.9. The Morgan fingerprint density at radius 1 is 1.33 bits per heavy atom. The quantitative estimate of drug-likeness (QED) is 0.794. The molecule has 15 heavy (non-hydrogen) atoms. The van der Waals surface area contributed by atoms with Gasteiger partial charge < -0.3 is 5.32 Å². The molecule has 0 fully saturated rings. The van der Waals surface area contributed by atoms with Gasteiger partial charge in [0.25, 0.3) is 0 Å². The molecular formula is C13H18N2. The van der Waals surface area contributed by atoms with Crippen molar-refractivity contribution in [2.75, 3.05) is 5.32 Å². The number of anilines is 1. The van der Waals surface area contributed by atoms with Crippen LogP contribution in [0.1, 0.15) is 32.3 Å². The lowest BCUT2D eigenvalue weighted by atomic mass is 10.1. The van der Waals surface area contributed by atoms with E-state index in [4.69, 9.17) is 5.26 Å². The largest absolute Gasteiger partial charge is 0.383 e. The monoisotopic (exact) mass is 202 g/mol. The first-order valence-corrected chi connectivity index (χ1v) is 5.48. The van der Waals surface area contributed by atoms with Crippen molar-refractivity contribution in [2.24, 2.45) is 0 Å². The number of rotatable bonds is 5. The highest BCUT2D eigenvalue weighted by molar-refractivity contribution is 5.45. The molecule has 0 radical (unpaired) electrons. The molecule has 0 unspecified atom stereocenters. The zero-order valence-corrected chi connectivity index (χ0v) is 9.46. The first-order valence-electron chi connectivity index (χ1n) is 5.48. The van der Waals surface area contributed by atoms with Crippen LogP contribution in [0.25, 0.3) is 0 Å². The molecule has 80 valence electrons. The Labute approximate surface area is 91.9 Å². The van der Waals surface area contributed by atoms with Crippen molar-refractivity contribution in [3.8, 4) is 6.07 Å². The fraction of sp³-hybridized carbons (Fsp3) is 0.462. The van der Waals surface area contributed by atoms with E-state index in [0.717, 1.165) is 11.3 Å². The molecule has 1 N–H and O–H groups in total. The molecule has 0 saturated heterocycles. The summed E-state index contributed by atoms with van der Waals surface area (Å²) in [4.78, 5) is 0. The number of hydrogen-bond acceptors (Lipinski definition) is 2. The molecule has 0 aliphatic carbocycles. The summed E-state index contributed by atoms with van der Waals surface area (Å²) in [5.74, 6) is 0. The smallest absolute Gasteiger partial charge is 0.0669 e. The van der Waals surface area contributed by atoms with Gasteiger partial charge in [0.1, 0.15) is 0 Å². The predicted molar refractivity (Wildman–Crippen MR) is 63.8 cm³/mol. The van der Waals surface area contributed by atoms with Crippen LogP contribution in [-0.2, 0) is 6.42 Å². The molecule has 1 rings (SSSR count). The summed E-state index contributed by atoms with van der Waals surface area (Å²) in [6, 6.07) is 10.7. The standard InChI is InChI=1S/C13H18N2/c1-3-4-11(2)15-13-7-5-12(6-8-13)9-10-14/h5-8,11,15H,3-4,9H2,1-2H3/t11-/m0/s1. The van der Waals surface area contributed by atoms with Crippen LogP contribution in [0, 0.1) is 11.3 Å². The van der Waals surface area contributed by atoms with Gasteiger partial charge in [0.05, 0.1) is 12.5 Å². The van der Waals surface area contributed by atoms with Crippen molar-refractivity contribution in [3.05, 3.63) is 29.8 Å². The zero-order valence-electron chi connectivity index (χ0n) is 9.46. The molecule has 1 aromatic rings. The Hall–Kier alpha value is -1.49. The lowest BCUT2D eigenvalue weighted by Gasteiger charge is -2.14. The van der Waals surface area contributed by atoms with Gasteiger partial charge in [-0.05, 0) is 31.0 Å². The van der Waals surface area contributed by atoms with Crippen molar-refractivity contribution in [1.82, 2.24) is 0 Å². The summed E-state index contributed by atoms with van der Waals surface area (Å²) in [7, 11) is 0. The van der Waals surface area contributed by atoms with Crippen LogP contribution >= 0.6 is 0 Å². The van der Waals surface area contributed by atoms with Crippen molar-refractivity contribution in [2.45, 2.75) is 39.2 Å². The van der Waals surface area contributed by atoms with E-state index in [1.807, 2.05) is 24.3 Å². The molecule has 2 heteroatoms. The summed E-state index contributed by atoms with van der Waals surface area (Å²) in [6.07, 6.45) is 2.87. The van der Waals surface area contributed by atoms with Crippen LogP contribution in [-0.4, -0.2) is 6.04 Å². The van der Waals surface area contributed by atoms with Gasteiger partial charge in [0.2, 0.25) is 0 Å². The maximum atomic E-state index is 8.54. The number of benzene rings is 1. The summed E-state index contributed by atoms with van der Waals surface area (Å²) < 4.78 is 0. The third-order valence-corrected chi connectivity index (χ3v) is 2.37. The number of hydrogen-bond donors (Lipinski definition) is 1. The minimum absolute atomic E-state index is 0.491. The first kappa shape index (κ1) is 11.6. The third kappa shape index (κ3) is 4.03. The van der Waals surface area contributed by atoms with E-state index in [0.29, 0.717) is 12.5 Å². The van der Waals surface area contributed by atoms with E-state index in [9.17, 15) is 0 Å². The summed E-state index contributed by atoms with van der Waals surface area (Å²) >= 11 is 0. The van der Waals surface area contributed by atoms with E-state index in [-0.39, 0.29) is 0 Å². The molecule has 0 saturated carbocycles. The van der Waals surface area contributed by atoms with Crippen LogP contribution in [0.3, 0.4) is 0 Å². The molecule has 0 aromatic heterocycles. The fourth-order valence-corrected chi connectivity index (χ4v) is 1.60. The van der Waals surface area contributed by atoms with Gasteiger partial charge in [0.15, 0.2) is 0 Å². The second-order valence-electron chi connectivity index (χ2n) is 3.87. The number of nitrogens with one attached hydrogen (secondary N) is 1. The van der Waals surface area contributed by atoms with Crippen LogP contribution in [0.15, 0.2) is 24.3 Å². The molecule has 0 amide bonds. The molecule has 0 spiro atoms. The van der Waals surface area contributed by atoms with E-state index < -0.39 is 0 Å². The molecule has 2 nitrogen and oxygen atoms in total. The predicted octanol–water partition coefficient (Wildman–Crippen LogP) is 3.35. The van der Waals surface area contributed by atoms with Crippen molar-refractivity contribution < 1.29 is 0 Å². The molecule has 1 atom stereocenters. The zero-order chi connectivity index (χ0) is 11.1. The van der Waals surface area contributed by atoms with Crippen LogP contribution in [0.5, 0.6) is 0 Å². The van der Waals surface area contributed by atoms with Crippen LogP contribution < -0.4 is 5.32 Å². The normalized spacial score (nSPS) is 11.8. The van der Waals surface area contributed by atoms with Crippen molar-refractivity contribution in [3.63, 3.8) is 0 Å². The summed E-state index contributed by atoms with van der Waals surface area (Å²) in [5, 5.41) is 12.0.